The summed E-state index contributed by atoms with van der Waals surface area (Å²) in [6.45, 7) is 10.1. The molecule has 2 aromatic carbocycles. The Morgan fingerprint density at radius 2 is 1.82 bits per heavy atom. The van der Waals surface area contributed by atoms with Gasteiger partial charge < -0.3 is 10.4 Å². The number of anilines is 1. The van der Waals surface area contributed by atoms with E-state index in [9.17, 15) is 19.1 Å². The van der Waals surface area contributed by atoms with Gasteiger partial charge in [-0.2, -0.15) is 0 Å². The normalized spacial score (nSPS) is 12.4. The Kier molecular flexibility index (Phi) is 6.93. The van der Waals surface area contributed by atoms with Crippen LogP contribution in [0.1, 0.15) is 22.8 Å². The Bertz CT molecular complexity index is 926. The third-order valence-corrected chi connectivity index (χ3v) is 4.45. The average molecular weight is 405 g/mol. The molecule has 0 heterocycles. The average Bonchev–Trinajstić information content (AvgIpc) is 2.67. The number of nitrogens with zero attached hydrogens (tertiary/aromatic N) is 1. The van der Waals surface area contributed by atoms with E-state index >= 15 is 0 Å². The van der Waals surface area contributed by atoms with Crippen LogP contribution in [0.25, 0.3) is 4.85 Å². The van der Waals surface area contributed by atoms with E-state index in [4.69, 9.17) is 18.2 Å². The van der Waals surface area contributed by atoms with Crippen LogP contribution in [0.2, 0.25) is 5.02 Å². The number of carbonyl (C=O) groups excluding carboxylic acids is 2. The molecular weight excluding hydrogens is 387 g/mol. The lowest BCUT2D eigenvalue weighted by Crippen LogP contribution is -2.52. The molecule has 28 heavy (non-hydrogen) atoms. The third kappa shape index (κ3) is 4.97. The predicted molar refractivity (Wildman–Crippen MR) is 104 cm³/mol. The number of carbonyl (C=O) groups is 2. The number of amides is 2. The molecule has 0 aromatic heterocycles. The smallest absolute Gasteiger partial charge is 0.269 e. The quantitative estimate of drug-likeness (QED) is 0.455. The topological polar surface area (TPSA) is 94.8 Å². The van der Waals surface area contributed by atoms with Gasteiger partial charge in [-0.05, 0) is 49.7 Å². The largest absolute Gasteiger partial charge is 0.391 e. The summed E-state index contributed by atoms with van der Waals surface area (Å²) in [5.74, 6) is -1.83. The maximum atomic E-state index is 12.9. The molecule has 0 aliphatic carbocycles. The minimum Gasteiger partial charge on any atom is -0.391 e. The summed E-state index contributed by atoms with van der Waals surface area (Å²) in [5.41, 5.74) is 5.86. The highest BCUT2D eigenvalue weighted by Crippen LogP contribution is 2.33. The van der Waals surface area contributed by atoms with Gasteiger partial charge in [0.15, 0.2) is 0 Å². The van der Waals surface area contributed by atoms with Gasteiger partial charge in [0.2, 0.25) is 5.69 Å². The van der Waals surface area contributed by atoms with Crippen LogP contribution in [0, 0.1) is 19.3 Å². The molecule has 0 aliphatic heterocycles. The number of rotatable bonds is 5. The Hall–Kier alpha value is -3.15. The zero-order valence-corrected chi connectivity index (χ0v) is 15.8. The van der Waals surface area contributed by atoms with Crippen molar-refractivity contribution in [3.8, 4) is 0 Å². The van der Waals surface area contributed by atoms with E-state index in [1.165, 1.54) is 25.1 Å². The molecule has 4 N–H and O–H groups in total. The van der Waals surface area contributed by atoms with Crippen LogP contribution in [0.3, 0.4) is 0 Å². The van der Waals surface area contributed by atoms with E-state index in [2.05, 4.69) is 21.0 Å². The van der Waals surface area contributed by atoms with Gasteiger partial charge in [-0.1, -0.05) is 17.7 Å². The number of nitrogens with one attached hydrogen (secondary N) is 3. The first-order chi connectivity index (χ1) is 13.2. The van der Waals surface area contributed by atoms with Crippen LogP contribution < -0.4 is 16.2 Å². The third-order valence-electron chi connectivity index (χ3n) is 3.97. The second kappa shape index (κ2) is 9.17. The standard InChI is InChI=1S/C19H18ClFN4O3/c1-10-14(8-9-15(22-3)16(10)20)23-17(11(2)26)19(28)25-24-18(27)12-4-6-13(21)7-5-12/h4-9,11,17,23,26H,1-2H3,(H,24,27)(H,25,28)/t11-,17-/m1/s1. The molecule has 0 radical (unpaired) electrons. The zero-order valence-electron chi connectivity index (χ0n) is 15.1. The van der Waals surface area contributed by atoms with Crippen molar-refractivity contribution in [2.75, 3.05) is 5.32 Å². The molecule has 0 fully saturated rings. The fourth-order valence-electron chi connectivity index (χ4n) is 2.36. The highest BCUT2D eigenvalue weighted by Gasteiger charge is 2.25. The van der Waals surface area contributed by atoms with Gasteiger partial charge in [-0.15, -0.1) is 0 Å². The number of hydrazine groups is 1. The van der Waals surface area contributed by atoms with Gasteiger partial charge in [-0.3, -0.25) is 20.4 Å². The zero-order chi connectivity index (χ0) is 20.8. The van der Waals surface area contributed by atoms with Crippen LogP contribution in [-0.2, 0) is 4.79 Å². The molecule has 2 amide bonds. The Morgan fingerprint density at radius 1 is 1.18 bits per heavy atom. The van der Waals surface area contributed by atoms with Crippen molar-refractivity contribution in [2.45, 2.75) is 26.0 Å². The molecular formula is C19H18ClFN4O3. The molecule has 0 saturated heterocycles. The van der Waals surface area contributed by atoms with Crippen molar-refractivity contribution in [3.05, 3.63) is 69.8 Å². The number of aliphatic hydroxyl groups excluding tert-OH is 1. The fraction of sp³-hybridized carbons (Fsp3) is 0.211. The van der Waals surface area contributed by atoms with Gasteiger partial charge in [-0.25, -0.2) is 9.24 Å². The van der Waals surface area contributed by atoms with Crippen molar-refractivity contribution < 1.29 is 19.1 Å². The van der Waals surface area contributed by atoms with E-state index in [0.717, 1.165) is 12.1 Å². The van der Waals surface area contributed by atoms with Crippen LogP contribution in [-0.4, -0.2) is 29.1 Å². The van der Waals surface area contributed by atoms with Crippen LogP contribution in [0.5, 0.6) is 0 Å². The van der Waals surface area contributed by atoms with Crippen LogP contribution in [0.4, 0.5) is 15.8 Å². The summed E-state index contributed by atoms with van der Waals surface area (Å²) in [6.07, 6.45) is -1.11. The molecule has 2 rings (SSSR count). The summed E-state index contributed by atoms with van der Waals surface area (Å²) in [4.78, 5) is 27.7. The van der Waals surface area contributed by atoms with Gasteiger partial charge in [0.25, 0.3) is 11.8 Å². The molecule has 0 bridgehead atoms. The molecule has 7 nitrogen and oxygen atoms in total. The molecule has 0 saturated carbocycles. The van der Waals surface area contributed by atoms with Crippen molar-refractivity contribution in [3.63, 3.8) is 0 Å². The van der Waals surface area contributed by atoms with Crippen molar-refractivity contribution in [1.82, 2.24) is 10.9 Å². The number of hydrogen-bond acceptors (Lipinski definition) is 4. The molecule has 0 unspecified atom stereocenters. The lowest BCUT2D eigenvalue weighted by molar-refractivity contribution is -0.124. The lowest BCUT2D eigenvalue weighted by Gasteiger charge is -2.23. The summed E-state index contributed by atoms with van der Waals surface area (Å²) < 4.78 is 12.9. The Morgan fingerprint density at radius 3 is 2.39 bits per heavy atom. The summed E-state index contributed by atoms with van der Waals surface area (Å²) in [6, 6.07) is 6.75. The van der Waals surface area contributed by atoms with Crippen molar-refractivity contribution in [2.24, 2.45) is 0 Å². The van der Waals surface area contributed by atoms with E-state index in [1.807, 2.05) is 0 Å². The minimum atomic E-state index is -1.11. The fourth-order valence-corrected chi connectivity index (χ4v) is 2.56. The van der Waals surface area contributed by atoms with E-state index in [-0.39, 0.29) is 16.3 Å². The van der Waals surface area contributed by atoms with Crippen LogP contribution >= 0.6 is 11.6 Å². The first kappa shape index (κ1) is 21.2. The van der Waals surface area contributed by atoms with E-state index in [1.54, 1.807) is 13.0 Å². The second-order valence-corrected chi connectivity index (χ2v) is 6.37. The highest BCUT2D eigenvalue weighted by atomic mass is 35.5. The first-order valence-electron chi connectivity index (χ1n) is 8.21. The summed E-state index contributed by atoms with van der Waals surface area (Å²) in [5, 5.41) is 13.1. The molecule has 0 spiro atoms. The summed E-state index contributed by atoms with van der Waals surface area (Å²) >= 11 is 6.12. The molecule has 2 atom stereocenters. The molecule has 146 valence electrons. The monoisotopic (exact) mass is 404 g/mol. The summed E-state index contributed by atoms with van der Waals surface area (Å²) in [7, 11) is 0. The number of halogens is 2. The maximum absolute atomic E-state index is 12.9. The predicted octanol–water partition coefficient (Wildman–Crippen LogP) is 2.96. The van der Waals surface area contributed by atoms with Crippen molar-refractivity contribution in [1.29, 1.82) is 0 Å². The molecule has 2 aromatic rings. The lowest BCUT2D eigenvalue weighted by atomic mass is 10.1. The first-order valence-corrected chi connectivity index (χ1v) is 8.59. The highest BCUT2D eigenvalue weighted by molar-refractivity contribution is 6.34. The Balaban J connectivity index is 2.08. The van der Waals surface area contributed by atoms with E-state index in [0.29, 0.717) is 11.3 Å². The van der Waals surface area contributed by atoms with Gasteiger partial charge in [0.05, 0.1) is 17.7 Å². The second-order valence-electron chi connectivity index (χ2n) is 6.00. The number of hydrogen-bond donors (Lipinski definition) is 4. The molecule has 0 aliphatic rings. The minimum absolute atomic E-state index is 0.153. The van der Waals surface area contributed by atoms with E-state index < -0.39 is 29.8 Å². The SMILES string of the molecule is [C-]#[N+]c1ccc(N[C@@H](C(=O)NNC(=O)c2ccc(F)cc2)[C@@H](C)O)c(C)c1Cl. The van der Waals surface area contributed by atoms with Gasteiger partial charge >= 0.3 is 0 Å². The van der Waals surface area contributed by atoms with Gasteiger partial charge in [0.1, 0.15) is 11.9 Å². The van der Waals surface area contributed by atoms with Gasteiger partial charge in [0, 0.05) is 11.3 Å². The Labute approximate surface area is 166 Å². The number of benzene rings is 2. The number of aliphatic hydroxyl groups is 1. The van der Waals surface area contributed by atoms with Crippen LogP contribution in [0.15, 0.2) is 36.4 Å². The van der Waals surface area contributed by atoms with Crippen molar-refractivity contribution >= 4 is 34.8 Å². The molecule has 9 heteroatoms. The maximum Gasteiger partial charge on any atom is 0.269 e.